The van der Waals surface area contributed by atoms with Gasteiger partial charge in [-0.25, -0.2) is 0 Å². The van der Waals surface area contributed by atoms with Gasteiger partial charge in [0.1, 0.15) is 0 Å². The number of methoxy groups -OCH3 is 2. The lowest BCUT2D eigenvalue weighted by Crippen LogP contribution is -2.31. The molecule has 0 saturated heterocycles. The minimum Gasteiger partial charge on any atom is -0.493 e. The van der Waals surface area contributed by atoms with E-state index in [0.717, 1.165) is 24.5 Å². The summed E-state index contributed by atoms with van der Waals surface area (Å²) in [6.07, 6.45) is 1.37. The minimum absolute atomic E-state index is 0.188. The number of fused-ring (bicyclic) bond motifs is 1. The summed E-state index contributed by atoms with van der Waals surface area (Å²) >= 11 is 0. The number of benzene rings is 1. The van der Waals surface area contributed by atoms with Crippen LogP contribution in [-0.4, -0.2) is 32.0 Å². The summed E-state index contributed by atoms with van der Waals surface area (Å²) in [7, 11) is 3.29. The summed E-state index contributed by atoms with van der Waals surface area (Å²) in [5, 5.41) is 13.0. The normalized spacial score (nSPS) is 20.1. The molecular weight excluding hydrogens is 230 g/mol. The lowest BCUT2D eigenvalue weighted by molar-refractivity contribution is 0.166. The van der Waals surface area contributed by atoms with Gasteiger partial charge in [0.15, 0.2) is 11.5 Å². The fraction of sp³-hybridized carbons (Fsp3) is 0.571. The van der Waals surface area contributed by atoms with Crippen molar-refractivity contribution in [2.24, 2.45) is 0 Å². The monoisotopic (exact) mass is 251 g/mol. The standard InChI is InChI=1S/C14H21NO3/c1-9(16)6-12-11-8-14(18-3)13(17-2)7-10(11)4-5-15-12/h7-9,12,15-16H,4-6H2,1-3H3/t9-,12-/m1/s1. The Kier molecular flexibility index (Phi) is 4.09. The van der Waals surface area contributed by atoms with Gasteiger partial charge in [0, 0.05) is 6.04 Å². The number of ether oxygens (including phenoxy) is 2. The molecule has 2 N–H and O–H groups in total. The highest BCUT2D eigenvalue weighted by Gasteiger charge is 2.23. The summed E-state index contributed by atoms with van der Waals surface area (Å²) in [6, 6.07) is 4.26. The molecule has 0 fully saturated rings. The van der Waals surface area contributed by atoms with Crippen LogP contribution in [0, 0.1) is 0 Å². The number of aliphatic hydroxyl groups excluding tert-OH is 1. The van der Waals surface area contributed by atoms with E-state index in [1.807, 2.05) is 19.1 Å². The van der Waals surface area contributed by atoms with Gasteiger partial charge in [-0.05, 0) is 49.6 Å². The van der Waals surface area contributed by atoms with Crippen LogP contribution >= 0.6 is 0 Å². The molecule has 0 radical (unpaired) electrons. The lowest BCUT2D eigenvalue weighted by Gasteiger charge is -2.29. The van der Waals surface area contributed by atoms with Crippen LogP contribution in [-0.2, 0) is 6.42 Å². The van der Waals surface area contributed by atoms with Gasteiger partial charge < -0.3 is 19.9 Å². The van der Waals surface area contributed by atoms with Gasteiger partial charge in [-0.15, -0.1) is 0 Å². The van der Waals surface area contributed by atoms with Crippen LogP contribution in [0.3, 0.4) is 0 Å². The first kappa shape index (κ1) is 13.2. The van der Waals surface area contributed by atoms with Crippen molar-refractivity contribution in [1.29, 1.82) is 0 Å². The minimum atomic E-state index is -0.318. The highest BCUT2D eigenvalue weighted by Crippen LogP contribution is 2.36. The first-order valence-electron chi connectivity index (χ1n) is 6.32. The topological polar surface area (TPSA) is 50.7 Å². The van der Waals surface area contributed by atoms with Gasteiger partial charge in [0.2, 0.25) is 0 Å². The number of rotatable bonds is 4. The van der Waals surface area contributed by atoms with Gasteiger partial charge in [0.05, 0.1) is 20.3 Å². The Bertz CT molecular complexity index is 418. The van der Waals surface area contributed by atoms with Crippen molar-refractivity contribution in [1.82, 2.24) is 5.32 Å². The molecule has 1 heterocycles. The molecule has 0 saturated carbocycles. The van der Waals surface area contributed by atoms with Crippen LogP contribution in [0.4, 0.5) is 0 Å². The SMILES string of the molecule is COc1cc2c(cc1OC)[C@@H](C[C@@H](C)O)NCC2. The molecule has 0 bridgehead atoms. The van der Waals surface area contributed by atoms with E-state index in [4.69, 9.17) is 9.47 Å². The van der Waals surface area contributed by atoms with Crippen LogP contribution < -0.4 is 14.8 Å². The number of hydrogen-bond acceptors (Lipinski definition) is 4. The third kappa shape index (κ3) is 2.60. The predicted molar refractivity (Wildman–Crippen MR) is 70.3 cm³/mol. The Labute approximate surface area is 108 Å². The summed E-state index contributed by atoms with van der Waals surface area (Å²) in [5.74, 6) is 1.52. The molecule has 2 atom stereocenters. The van der Waals surface area contributed by atoms with E-state index in [9.17, 15) is 5.11 Å². The molecule has 0 amide bonds. The second-order valence-corrected chi connectivity index (χ2v) is 4.75. The van der Waals surface area contributed by atoms with Crippen molar-refractivity contribution < 1.29 is 14.6 Å². The van der Waals surface area contributed by atoms with E-state index >= 15 is 0 Å². The van der Waals surface area contributed by atoms with Crippen molar-refractivity contribution in [2.45, 2.75) is 31.9 Å². The van der Waals surface area contributed by atoms with E-state index in [1.54, 1.807) is 14.2 Å². The number of nitrogens with one attached hydrogen (secondary N) is 1. The predicted octanol–water partition coefficient (Wildman–Crippen LogP) is 1.66. The van der Waals surface area contributed by atoms with E-state index in [0.29, 0.717) is 6.42 Å². The van der Waals surface area contributed by atoms with Gasteiger partial charge in [-0.3, -0.25) is 0 Å². The molecule has 0 unspecified atom stereocenters. The Morgan fingerprint density at radius 1 is 1.33 bits per heavy atom. The molecule has 1 aromatic carbocycles. The molecule has 0 aromatic heterocycles. The Morgan fingerprint density at radius 2 is 2.00 bits per heavy atom. The van der Waals surface area contributed by atoms with Gasteiger partial charge >= 0.3 is 0 Å². The average Bonchev–Trinajstić information content (AvgIpc) is 2.37. The van der Waals surface area contributed by atoms with Crippen molar-refractivity contribution in [3.63, 3.8) is 0 Å². The number of aliphatic hydroxyl groups is 1. The second-order valence-electron chi connectivity index (χ2n) is 4.75. The third-order valence-electron chi connectivity index (χ3n) is 3.38. The maximum absolute atomic E-state index is 9.56. The molecule has 1 aliphatic rings. The summed E-state index contributed by atoms with van der Waals surface area (Å²) in [6.45, 7) is 2.75. The highest BCUT2D eigenvalue weighted by atomic mass is 16.5. The molecule has 0 spiro atoms. The van der Waals surface area contributed by atoms with Crippen LogP contribution in [0.15, 0.2) is 12.1 Å². The zero-order valence-electron chi connectivity index (χ0n) is 11.2. The quantitative estimate of drug-likeness (QED) is 0.854. The largest absolute Gasteiger partial charge is 0.493 e. The fourth-order valence-corrected chi connectivity index (χ4v) is 2.52. The van der Waals surface area contributed by atoms with E-state index in [1.165, 1.54) is 11.1 Å². The molecule has 0 aliphatic carbocycles. The average molecular weight is 251 g/mol. The van der Waals surface area contributed by atoms with Crippen molar-refractivity contribution in [3.8, 4) is 11.5 Å². The zero-order valence-corrected chi connectivity index (χ0v) is 11.2. The third-order valence-corrected chi connectivity index (χ3v) is 3.38. The highest BCUT2D eigenvalue weighted by molar-refractivity contribution is 5.49. The second kappa shape index (κ2) is 5.59. The van der Waals surface area contributed by atoms with E-state index < -0.39 is 0 Å². The Morgan fingerprint density at radius 3 is 2.61 bits per heavy atom. The van der Waals surface area contributed by atoms with Crippen LogP contribution in [0.5, 0.6) is 11.5 Å². The van der Waals surface area contributed by atoms with Crippen molar-refractivity contribution in [2.75, 3.05) is 20.8 Å². The summed E-state index contributed by atoms with van der Waals surface area (Å²) in [4.78, 5) is 0. The maximum Gasteiger partial charge on any atom is 0.161 e. The van der Waals surface area contributed by atoms with Crippen LogP contribution in [0.1, 0.15) is 30.5 Å². The van der Waals surface area contributed by atoms with Crippen molar-refractivity contribution in [3.05, 3.63) is 23.3 Å². The molecular formula is C14H21NO3. The maximum atomic E-state index is 9.56. The molecule has 1 aromatic rings. The molecule has 100 valence electrons. The Balaban J connectivity index is 2.37. The summed E-state index contributed by atoms with van der Waals surface area (Å²) in [5.41, 5.74) is 2.48. The zero-order chi connectivity index (χ0) is 13.1. The van der Waals surface area contributed by atoms with Crippen molar-refractivity contribution >= 4 is 0 Å². The van der Waals surface area contributed by atoms with Gasteiger partial charge in [0.25, 0.3) is 0 Å². The molecule has 4 nitrogen and oxygen atoms in total. The lowest BCUT2D eigenvalue weighted by atomic mass is 9.90. The molecule has 4 heteroatoms. The van der Waals surface area contributed by atoms with Crippen LogP contribution in [0.25, 0.3) is 0 Å². The molecule has 18 heavy (non-hydrogen) atoms. The van der Waals surface area contributed by atoms with E-state index in [-0.39, 0.29) is 12.1 Å². The smallest absolute Gasteiger partial charge is 0.161 e. The molecule has 2 rings (SSSR count). The first-order chi connectivity index (χ1) is 8.65. The molecule has 1 aliphatic heterocycles. The first-order valence-corrected chi connectivity index (χ1v) is 6.32. The Hall–Kier alpha value is -1.26. The summed E-state index contributed by atoms with van der Waals surface area (Å²) < 4.78 is 10.7. The number of hydrogen-bond donors (Lipinski definition) is 2. The van der Waals surface area contributed by atoms with Gasteiger partial charge in [-0.2, -0.15) is 0 Å². The van der Waals surface area contributed by atoms with Crippen LogP contribution in [0.2, 0.25) is 0 Å². The van der Waals surface area contributed by atoms with Gasteiger partial charge in [-0.1, -0.05) is 0 Å². The fourth-order valence-electron chi connectivity index (χ4n) is 2.52. The van der Waals surface area contributed by atoms with E-state index in [2.05, 4.69) is 5.32 Å².